The fourth-order valence-corrected chi connectivity index (χ4v) is 3.91. The van der Waals surface area contributed by atoms with Crippen LogP contribution < -0.4 is 4.90 Å². The van der Waals surface area contributed by atoms with Crippen LogP contribution in [0.3, 0.4) is 0 Å². The van der Waals surface area contributed by atoms with Crippen LogP contribution in [0.5, 0.6) is 0 Å². The monoisotopic (exact) mass is 435 g/mol. The predicted octanol–water partition coefficient (Wildman–Crippen LogP) is 4.52. The molecular weight excluding hydrogens is 416 g/mol. The highest BCUT2D eigenvalue weighted by Crippen LogP contribution is 2.32. The van der Waals surface area contributed by atoms with Gasteiger partial charge in [-0.1, -0.05) is 23.7 Å². The average molecular weight is 436 g/mol. The lowest BCUT2D eigenvalue weighted by Gasteiger charge is -2.29. The molecule has 0 saturated carbocycles. The summed E-state index contributed by atoms with van der Waals surface area (Å²) in [6.07, 6.45) is -2.86. The number of hydrogen-bond acceptors (Lipinski definition) is 4. The van der Waals surface area contributed by atoms with Gasteiger partial charge in [-0.2, -0.15) is 0 Å². The summed E-state index contributed by atoms with van der Waals surface area (Å²) >= 11 is 6.20. The zero-order chi connectivity index (χ0) is 21.4. The Morgan fingerprint density at radius 3 is 2.70 bits per heavy atom. The molecule has 0 bridgehead atoms. The van der Waals surface area contributed by atoms with Gasteiger partial charge in [0.25, 0.3) is 6.43 Å². The van der Waals surface area contributed by atoms with Gasteiger partial charge in [0.05, 0.1) is 24.3 Å². The molecule has 158 valence electrons. The van der Waals surface area contributed by atoms with Gasteiger partial charge < -0.3 is 19.3 Å². The Hall–Kier alpha value is -2.71. The van der Waals surface area contributed by atoms with Gasteiger partial charge in [-0.15, -0.1) is 0 Å². The van der Waals surface area contributed by atoms with Crippen molar-refractivity contribution in [2.45, 2.75) is 19.9 Å². The van der Waals surface area contributed by atoms with E-state index in [0.29, 0.717) is 42.5 Å². The van der Waals surface area contributed by atoms with Gasteiger partial charge in [0.15, 0.2) is 5.82 Å². The Kier molecular flexibility index (Phi) is 5.62. The van der Waals surface area contributed by atoms with E-state index in [1.165, 1.54) is 10.6 Å². The van der Waals surface area contributed by atoms with E-state index in [4.69, 9.17) is 16.3 Å². The lowest BCUT2D eigenvalue weighted by Crippen LogP contribution is -2.36. The van der Waals surface area contributed by atoms with Crippen molar-refractivity contribution in [1.29, 1.82) is 0 Å². The first-order valence-corrected chi connectivity index (χ1v) is 9.87. The number of carboxylic acids is 1. The van der Waals surface area contributed by atoms with Crippen molar-refractivity contribution in [3.63, 3.8) is 0 Å². The van der Waals surface area contributed by atoms with Gasteiger partial charge >= 0.3 is 5.97 Å². The number of benzene rings is 2. The summed E-state index contributed by atoms with van der Waals surface area (Å²) in [5.41, 5.74) is 2.49. The van der Waals surface area contributed by atoms with Gasteiger partial charge in [-0.3, -0.25) is 0 Å². The molecule has 30 heavy (non-hydrogen) atoms. The molecule has 0 atom stereocenters. The second kappa shape index (κ2) is 8.20. The molecule has 1 aromatic heterocycles. The number of alkyl halides is 2. The molecule has 0 radical (unpaired) electrons. The Labute approximate surface area is 176 Å². The number of carboxylic acid groups (broad SMARTS) is 1. The third kappa shape index (κ3) is 3.73. The smallest absolute Gasteiger partial charge is 0.338 e. The van der Waals surface area contributed by atoms with Crippen LogP contribution in [0.25, 0.3) is 11.0 Å². The molecule has 4 rings (SSSR count). The van der Waals surface area contributed by atoms with Crippen molar-refractivity contribution in [1.82, 2.24) is 9.55 Å². The number of fused-ring (bicyclic) bond motifs is 1. The summed E-state index contributed by atoms with van der Waals surface area (Å²) < 4.78 is 34.5. The number of aromatic carboxylic acids is 1. The molecule has 0 amide bonds. The number of hydrogen-bond donors (Lipinski definition) is 1. The van der Waals surface area contributed by atoms with Crippen LogP contribution in [0.1, 0.15) is 33.7 Å². The summed E-state index contributed by atoms with van der Waals surface area (Å²) in [7, 11) is 0. The molecule has 0 aliphatic carbocycles. The highest BCUT2D eigenvalue weighted by molar-refractivity contribution is 6.31. The number of rotatable bonds is 5. The van der Waals surface area contributed by atoms with Crippen molar-refractivity contribution in [3.8, 4) is 0 Å². The first-order valence-electron chi connectivity index (χ1n) is 9.49. The maximum Gasteiger partial charge on any atom is 0.338 e. The Morgan fingerprint density at radius 1 is 1.30 bits per heavy atom. The third-order valence-corrected chi connectivity index (χ3v) is 5.79. The molecule has 1 N–H and O–H groups in total. The topological polar surface area (TPSA) is 67.6 Å². The minimum absolute atomic E-state index is 0.0505. The summed E-state index contributed by atoms with van der Waals surface area (Å²) in [4.78, 5) is 17.9. The zero-order valence-electron chi connectivity index (χ0n) is 16.2. The van der Waals surface area contributed by atoms with Gasteiger partial charge in [-0.25, -0.2) is 18.6 Å². The predicted molar refractivity (Wildman–Crippen MR) is 110 cm³/mol. The maximum atomic E-state index is 13.9. The summed E-state index contributed by atoms with van der Waals surface area (Å²) in [5, 5.41) is 10.3. The van der Waals surface area contributed by atoms with Crippen LogP contribution in [-0.2, 0) is 11.3 Å². The minimum Gasteiger partial charge on any atom is -0.478 e. The van der Waals surface area contributed by atoms with Crippen LogP contribution >= 0.6 is 11.6 Å². The highest BCUT2D eigenvalue weighted by atomic mass is 35.5. The number of imidazole rings is 1. The van der Waals surface area contributed by atoms with Crippen LogP contribution in [0.4, 0.5) is 14.5 Å². The SMILES string of the molecule is Cc1c(Cl)cccc1Cn1c(C(F)F)nc2c(C(=O)O)cc(N3CCOCC3)cc21. The molecule has 6 nitrogen and oxygen atoms in total. The van der Waals surface area contributed by atoms with E-state index in [-0.39, 0.29) is 17.6 Å². The fourth-order valence-electron chi connectivity index (χ4n) is 3.72. The Morgan fingerprint density at radius 2 is 2.03 bits per heavy atom. The molecular formula is C21H20ClF2N3O3. The molecule has 2 heterocycles. The first kappa shape index (κ1) is 20.6. The van der Waals surface area contributed by atoms with E-state index in [1.807, 2.05) is 17.9 Å². The number of halogens is 3. The number of anilines is 1. The molecule has 9 heteroatoms. The Bertz CT molecular complexity index is 1110. The lowest BCUT2D eigenvalue weighted by atomic mass is 10.1. The van der Waals surface area contributed by atoms with Gasteiger partial charge in [0.2, 0.25) is 0 Å². The molecule has 0 spiro atoms. The van der Waals surface area contributed by atoms with Gasteiger partial charge in [0.1, 0.15) is 5.52 Å². The van der Waals surface area contributed by atoms with Crippen LogP contribution in [0, 0.1) is 6.92 Å². The Balaban J connectivity index is 1.92. The normalized spacial score (nSPS) is 14.6. The van der Waals surface area contributed by atoms with E-state index in [9.17, 15) is 18.7 Å². The minimum atomic E-state index is -2.86. The molecule has 1 saturated heterocycles. The van der Waals surface area contributed by atoms with Crippen molar-refractivity contribution in [3.05, 3.63) is 57.9 Å². The number of carbonyl (C=O) groups is 1. The van der Waals surface area contributed by atoms with Crippen LogP contribution in [-0.4, -0.2) is 46.9 Å². The van der Waals surface area contributed by atoms with Gasteiger partial charge in [0, 0.05) is 30.3 Å². The quantitative estimate of drug-likeness (QED) is 0.638. The van der Waals surface area contributed by atoms with Gasteiger partial charge in [-0.05, 0) is 36.2 Å². The molecule has 1 aliphatic rings. The number of morpholine rings is 1. The van der Waals surface area contributed by atoms with E-state index in [0.717, 1.165) is 11.1 Å². The largest absolute Gasteiger partial charge is 0.478 e. The third-order valence-electron chi connectivity index (χ3n) is 5.38. The lowest BCUT2D eigenvalue weighted by molar-refractivity contribution is 0.0698. The average Bonchev–Trinajstić information content (AvgIpc) is 3.10. The summed E-state index contributed by atoms with van der Waals surface area (Å²) in [6.45, 7) is 4.14. The van der Waals surface area contributed by atoms with Crippen molar-refractivity contribution < 1.29 is 23.4 Å². The second-order valence-corrected chi connectivity index (χ2v) is 7.55. The maximum absolute atomic E-state index is 13.9. The fraction of sp³-hybridized carbons (Fsp3) is 0.333. The van der Waals surface area contributed by atoms with Crippen LogP contribution in [0.15, 0.2) is 30.3 Å². The molecule has 3 aromatic rings. The van der Waals surface area contributed by atoms with E-state index < -0.39 is 18.2 Å². The van der Waals surface area contributed by atoms with Crippen molar-refractivity contribution >= 4 is 34.3 Å². The number of ether oxygens (including phenoxy) is 1. The van der Waals surface area contributed by atoms with Crippen molar-refractivity contribution in [2.24, 2.45) is 0 Å². The molecule has 1 aliphatic heterocycles. The second-order valence-electron chi connectivity index (χ2n) is 7.15. The summed E-state index contributed by atoms with van der Waals surface area (Å²) in [6, 6.07) is 8.53. The zero-order valence-corrected chi connectivity index (χ0v) is 17.0. The van der Waals surface area contributed by atoms with E-state index >= 15 is 0 Å². The molecule has 1 fully saturated rings. The highest BCUT2D eigenvalue weighted by Gasteiger charge is 2.25. The standard InChI is InChI=1S/C21H20ClF2N3O3/c1-12-13(3-2-4-16(12)22)11-27-17-10-14(26-5-7-30-8-6-26)9-15(21(28)29)18(17)25-20(27)19(23)24/h2-4,9-10,19H,5-8,11H2,1H3,(H,28,29). The first-order chi connectivity index (χ1) is 14.4. The number of aromatic nitrogens is 2. The van der Waals surface area contributed by atoms with E-state index in [1.54, 1.807) is 18.2 Å². The van der Waals surface area contributed by atoms with E-state index in [2.05, 4.69) is 4.98 Å². The van der Waals surface area contributed by atoms with Crippen LogP contribution in [0.2, 0.25) is 5.02 Å². The number of nitrogens with zero attached hydrogens (tertiary/aromatic N) is 3. The van der Waals surface area contributed by atoms with Crippen molar-refractivity contribution in [2.75, 3.05) is 31.2 Å². The molecule has 0 unspecified atom stereocenters. The molecule has 2 aromatic carbocycles. The summed E-state index contributed by atoms with van der Waals surface area (Å²) in [5.74, 6) is -1.68.